The number of aromatic amines is 1. The molecular weight excluding hydrogens is 264 g/mol. The summed E-state index contributed by atoms with van der Waals surface area (Å²) in [6, 6.07) is 8.46. The smallest absolute Gasteiger partial charge is 0.181 e. The highest BCUT2D eigenvalue weighted by Crippen LogP contribution is 2.22. The lowest BCUT2D eigenvalue weighted by molar-refractivity contribution is 0.0128. The van der Waals surface area contributed by atoms with E-state index in [0.29, 0.717) is 6.04 Å². The average Bonchev–Trinajstić information content (AvgIpc) is 2.85. The summed E-state index contributed by atoms with van der Waals surface area (Å²) in [7, 11) is 1.75. The molecule has 0 bridgehead atoms. The number of rotatable bonds is 6. The topological polar surface area (TPSA) is 62.8 Å². The molecule has 0 aliphatic rings. The Hall–Kier alpha value is -1.88. The maximum Gasteiger partial charge on any atom is 0.181 e. The first kappa shape index (κ1) is 15.5. The molecule has 1 heterocycles. The van der Waals surface area contributed by atoms with Gasteiger partial charge in [0.15, 0.2) is 5.82 Å². The van der Waals surface area contributed by atoms with E-state index < -0.39 is 0 Å². The molecule has 1 aromatic carbocycles. The third-order valence-corrected chi connectivity index (χ3v) is 3.48. The Morgan fingerprint density at radius 1 is 1.38 bits per heavy atom. The average molecular weight is 288 g/mol. The first-order chi connectivity index (χ1) is 9.89. The summed E-state index contributed by atoms with van der Waals surface area (Å²) in [6.45, 7) is 8.24. The zero-order valence-corrected chi connectivity index (χ0v) is 13.4. The van der Waals surface area contributed by atoms with Crippen LogP contribution in [0.4, 0.5) is 5.69 Å². The van der Waals surface area contributed by atoms with Gasteiger partial charge in [0.25, 0.3) is 0 Å². The molecule has 0 saturated heterocycles. The molecule has 114 valence electrons. The molecule has 2 rings (SSSR count). The highest BCUT2D eigenvalue weighted by molar-refractivity contribution is 5.62. The molecule has 2 N–H and O–H groups in total. The minimum absolute atomic E-state index is 0.134. The fourth-order valence-corrected chi connectivity index (χ4v) is 2.38. The van der Waals surface area contributed by atoms with Crippen molar-refractivity contribution in [1.82, 2.24) is 15.2 Å². The van der Waals surface area contributed by atoms with Crippen LogP contribution < -0.4 is 5.32 Å². The summed E-state index contributed by atoms with van der Waals surface area (Å²) in [6.07, 6.45) is 0.924. The summed E-state index contributed by atoms with van der Waals surface area (Å²) in [5.41, 5.74) is 1.93. The Bertz CT molecular complexity index is 591. The summed E-state index contributed by atoms with van der Waals surface area (Å²) in [5.74, 6) is 1.54. The molecule has 1 aromatic heterocycles. The van der Waals surface area contributed by atoms with E-state index in [4.69, 9.17) is 4.74 Å². The molecule has 0 saturated carbocycles. The molecule has 1 unspecified atom stereocenters. The second-order valence-electron chi connectivity index (χ2n) is 6.04. The van der Waals surface area contributed by atoms with E-state index in [0.717, 1.165) is 29.3 Å². The maximum absolute atomic E-state index is 5.48. The molecule has 2 aromatic rings. The van der Waals surface area contributed by atoms with Gasteiger partial charge in [0.05, 0.1) is 5.60 Å². The predicted molar refractivity (Wildman–Crippen MR) is 85.3 cm³/mol. The van der Waals surface area contributed by atoms with Gasteiger partial charge < -0.3 is 10.1 Å². The molecule has 0 aliphatic carbocycles. The first-order valence-electron chi connectivity index (χ1n) is 7.21. The molecule has 0 aliphatic heterocycles. The third kappa shape index (κ3) is 4.29. The van der Waals surface area contributed by atoms with Crippen LogP contribution in [-0.4, -0.2) is 33.9 Å². The molecular formula is C16H24N4O. The van der Waals surface area contributed by atoms with E-state index in [1.54, 1.807) is 7.11 Å². The molecule has 0 radical (unpaired) electrons. The normalized spacial score (nSPS) is 13.2. The number of H-pyrrole nitrogens is 1. The van der Waals surface area contributed by atoms with E-state index in [1.807, 2.05) is 19.1 Å². The number of benzene rings is 1. The number of nitrogens with one attached hydrogen (secondary N) is 2. The van der Waals surface area contributed by atoms with E-state index in [-0.39, 0.29) is 5.60 Å². The van der Waals surface area contributed by atoms with Gasteiger partial charge in [-0.2, -0.15) is 5.10 Å². The summed E-state index contributed by atoms with van der Waals surface area (Å²) >= 11 is 0. The fourth-order valence-electron chi connectivity index (χ4n) is 2.38. The van der Waals surface area contributed by atoms with Gasteiger partial charge >= 0.3 is 0 Å². The lowest BCUT2D eigenvalue weighted by Crippen LogP contribution is -2.31. The number of nitrogens with zero attached hydrogens (tertiary/aromatic N) is 2. The van der Waals surface area contributed by atoms with E-state index >= 15 is 0 Å². The lowest BCUT2D eigenvalue weighted by Gasteiger charge is -2.27. The summed E-state index contributed by atoms with van der Waals surface area (Å²) in [4.78, 5) is 4.36. The van der Waals surface area contributed by atoms with Crippen molar-refractivity contribution in [1.29, 1.82) is 0 Å². The van der Waals surface area contributed by atoms with Gasteiger partial charge in [-0.05, 0) is 46.2 Å². The Morgan fingerprint density at radius 3 is 2.76 bits per heavy atom. The Morgan fingerprint density at radius 2 is 2.14 bits per heavy atom. The highest BCUT2D eigenvalue weighted by atomic mass is 16.5. The zero-order valence-electron chi connectivity index (χ0n) is 13.4. The molecule has 21 heavy (non-hydrogen) atoms. The minimum Gasteiger partial charge on any atom is -0.382 e. The van der Waals surface area contributed by atoms with Gasteiger partial charge in [-0.25, -0.2) is 4.98 Å². The third-order valence-electron chi connectivity index (χ3n) is 3.48. The summed E-state index contributed by atoms with van der Waals surface area (Å²) < 4.78 is 5.48. The second-order valence-corrected chi connectivity index (χ2v) is 6.04. The number of methoxy groups -OCH3 is 1. The number of ether oxygens (including phenoxy) is 1. The van der Waals surface area contributed by atoms with E-state index in [1.165, 1.54) is 0 Å². The van der Waals surface area contributed by atoms with Crippen molar-refractivity contribution < 1.29 is 4.74 Å². The predicted octanol–water partition coefficient (Wildman–Crippen LogP) is 3.40. The van der Waals surface area contributed by atoms with Crippen LogP contribution in [0.1, 0.15) is 33.0 Å². The monoisotopic (exact) mass is 288 g/mol. The lowest BCUT2D eigenvalue weighted by atomic mass is 9.99. The van der Waals surface area contributed by atoms with Crippen molar-refractivity contribution >= 4 is 5.69 Å². The van der Waals surface area contributed by atoms with Gasteiger partial charge in [0.2, 0.25) is 0 Å². The van der Waals surface area contributed by atoms with Gasteiger partial charge in [0.1, 0.15) is 5.82 Å². The standard InChI is InChI=1S/C16H24N4O/c1-11(10-16(3,4)21-5)17-14-8-6-7-13(9-14)15-18-12(2)19-20-15/h6-9,11,17H,10H2,1-5H3,(H,18,19,20). The zero-order chi connectivity index (χ0) is 15.5. The van der Waals surface area contributed by atoms with Crippen LogP contribution in [0.25, 0.3) is 11.4 Å². The summed E-state index contributed by atoms with van der Waals surface area (Å²) in [5, 5.41) is 10.6. The SMILES string of the molecule is COC(C)(C)CC(C)Nc1cccc(-c2n[nH]c(C)n2)c1. The number of aryl methyl sites for hydroxylation is 1. The van der Waals surface area contributed by atoms with Crippen molar-refractivity contribution in [3.8, 4) is 11.4 Å². The van der Waals surface area contributed by atoms with Crippen LogP contribution in [0.15, 0.2) is 24.3 Å². The van der Waals surface area contributed by atoms with Gasteiger partial charge in [0, 0.05) is 24.4 Å². The van der Waals surface area contributed by atoms with Crippen LogP contribution >= 0.6 is 0 Å². The minimum atomic E-state index is -0.134. The Labute approximate surface area is 126 Å². The van der Waals surface area contributed by atoms with Crippen LogP contribution in [0.2, 0.25) is 0 Å². The van der Waals surface area contributed by atoms with Gasteiger partial charge in [-0.3, -0.25) is 5.10 Å². The second kappa shape index (κ2) is 6.26. The Balaban J connectivity index is 2.08. The molecule has 0 fully saturated rings. The number of hydrogen-bond acceptors (Lipinski definition) is 4. The van der Waals surface area contributed by atoms with Crippen LogP contribution in [0.5, 0.6) is 0 Å². The van der Waals surface area contributed by atoms with Crippen LogP contribution in [0, 0.1) is 6.92 Å². The molecule has 5 nitrogen and oxygen atoms in total. The van der Waals surface area contributed by atoms with Crippen molar-refractivity contribution in [2.24, 2.45) is 0 Å². The molecule has 0 amide bonds. The number of anilines is 1. The fraction of sp³-hybridized carbons (Fsp3) is 0.500. The van der Waals surface area contributed by atoms with Gasteiger partial charge in [-0.1, -0.05) is 12.1 Å². The van der Waals surface area contributed by atoms with E-state index in [2.05, 4.69) is 53.4 Å². The first-order valence-corrected chi connectivity index (χ1v) is 7.21. The number of hydrogen-bond donors (Lipinski definition) is 2. The maximum atomic E-state index is 5.48. The molecule has 5 heteroatoms. The van der Waals surface area contributed by atoms with Gasteiger partial charge in [-0.15, -0.1) is 0 Å². The Kier molecular flexibility index (Phi) is 4.63. The largest absolute Gasteiger partial charge is 0.382 e. The van der Waals surface area contributed by atoms with E-state index in [9.17, 15) is 0 Å². The highest BCUT2D eigenvalue weighted by Gasteiger charge is 2.20. The molecule has 0 spiro atoms. The van der Waals surface area contributed by atoms with Crippen molar-refractivity contribution in [3.63, 3.8) is 0 Å². The van der Waals surface area contributed by atoms with Crippen LogP contribution in [0.3, 0.4) is 0 Å². The van der Waals surface area contributed by atoms with Crippen molar-refractivity contribution in [3.05, 3.63) is 30.1 Å². The number of aromatic nitrogens is 3. The molecule has 1 atom stereocenters. The van der Waals surface area contributed by atoms with Crippen molar-refractivity contribution in [2.75, 3.05) is 12.4 Å². The van der Waals surface area contributed by atoms with Crippen molar-refractivity contribution in [2.45, 2.75) is 45.8 Å². The van der Waals surface area contributed by atoms with Crippen LogP contribution in [-0.2, 0) is 4.74 Å². The quantitative estimate of drug-likeness (QED) is 0.855.